The van der Waals surface area contributed by atoms with Crippen LogP contribution in [0.1, 0.15) is 32.1 Å². The summed E-state index contributed by atoms with van der Waals surface area (Å²) in [7, 11) is 0. The van der Waals surface area contributed by atoms with Gasteiger partial charge >= 0.3 is 0 Å². The Morgan fingerprint density at radius 1 is 1.00 bits per heavy atom. The zero-order valence-electron chi connectivity index (χ0n) is 12.7. The fourth-order valence-electron chi connectivity index (χ4n) is 4.69. The topological polar surface area (TPSA) is 57.7 Å². The number of rotatable bonds is 3. The average Bonchev–Trinajstić information content (AvgIpc) is 3.21. The van der Waals surface area contributed by atoms with Gasteiger partial charge in [0.05, 0.1) is 11.8 Å². The van der Waals surface area contributed by atoms with Crippen molar-refractivity contribution in [3.8, 4) is 0 Å². The molecule has 4 atom stereocenters. The van der Waals surface area contributed by atoms with Crippen LogP contribution in [0.2, 0.25) is 0 Å². The molecular weight excluding hydrogens is 280 g/mol. The summed E-state index contributed by atoms with van der Waals surface area (Å²) < 4.78 is 0. The van der Waals surface area contributed by atoms with E-state index in [1.165, 1.54) is 11.3 Å². The lowest BCUT2D eigenvalue weighted by molar-refractivity contribution is -0.141. The Bertz CT molecular complexity index is 520. The lowest BCUT2D eigenvalue weighted by atomic mass is 9.85. The number of hydrogen-bond donors (Lipinski definition) is 0. The van der Waals surface area contributed by atoms with Crippen molar-refractivity contribution in [1.82, 2.24) is 9.80 Å². The molecule has 5 heteroatoms. The van der Waals surface area contributed by atoms with Crippen molar-refractivity contribution < 1.29 is 14.4 Å². The van der Waals surface area contributed by atoms with E-state index >= 15 is 0 Å². The number of allylic oxidation sites excluding steroid dienone is 2. The van der Waals surface area contributed by atoms with Gasteiger partial charge in [-0.2, -0.15) is 0 Å². The van der Waals surface area contributed by atoms with Crippen molar-refractivity contribution in [1.29, 1.82) is 0 Å². The summed E-state index contributed by atoms with van der Waals surface area (Å²) >= 11 is 0. The predicted octanol–water partition coefficient (Wildman–Crippen LogP) is 1.20. The summed E-state index contributed by atoms with van der Waals surface area (Å²) in [5.41, 5.74) is 0. The molecule has 0 N–H and O–H groups in total. The SMILES string of the molecule is O=C(CCN1C(=O)[C@@H]2[C@H](C1=O)[C@@H]1C=C[C@H]2C1)N1CCCCC1. The summed E-state index contributed by atoms with van der Waals surface area (Å²) in [5, 5.41) is 0. The molecule has 4 rings (SSSR count). The minimum absolute atomic E-state index is 0.0432. The molecule has 0 aromatic heterocycles. The van der Waals surface area contributed by atoms with Crippen LogP contribution in [0.3, 0.4) is 0 Å². The van der Waals surface area contributed by atoms with E-state index in [1.54, 1.807) is 0 Å². The molecule has 0 aromatic carbocycles. The van der Waals surface area contributed by atoms with E-state index in [0.29, 0.717) is 0 Å². The van der Waals surface area contributed by atoms with Gasteiger partial charge in [0.25, 0.3) is 0 Å². The number of carbonyl (C=O) groups excluding carboxylic acids is 3. The molecule has 0 aromatic rings. The van der Waals surface area contributed by atoms with E-state index in [2.05, 4.69) is 12.2 Å². The Morgan fingerprint density at radius 3 is 2.18 bits per heavy atom. The van der Waals surface area contributed by atoms with E-state index in [0.717, 1.165) is 32.4 Å². The maximum atomic E-state index is 12.5. The summed E-state index contributed by atoms with van der Waals surface area (Å²) in [4.78, 5) is 40.5. The number of nitrogens with zero attached hydrogens (tertiary/aromatic N) is 2. The van der Waals surface area contributed by atoms with Gasteiger partial charge in [-0.15, -0.1) is 0 Å². The quantitative estimate of drug-likeness (QED) is 0.581. The van der Waals surface area contributed by atoms with Crippen LogP contribution in [0.15, 0.2) is 12.2 Å². The van der Waals surface area contributed by atoms with Crippen molar-refractivity contribution in [2.75, 3.05) is 19.6 Å². The first-order chi connectivity index (χ1) is 10.7. The van der Waals surface area contributed by atoms with Crippen LogP contribution in [-0.4, -0.2) is 47.2 Å². The fraction of sp³-hybridized carbons (Fsp3) is 0.706. The van der Waals surface area contributed by atoms with Crippen LogP contribution in [0.25, 0.3) is 0 Å². The van der Waals surface area contributed by atoms with Gasteiger partial charge in [-0.3, -0.25) is 19.3 Å². The number of piperidine rings is 1. The highest BCUT2D eigenvalue weighted by molar-refractivity contribution is 6.06. The zero-order chi connectivity index (χ0) is 15.3. The molecule has 3 fully saturated rings. The first-order valence-corrected chi connectivity index (χ1v) is 8.48. The van der Waals surface area contributed by atoms with Crippen LogP contribution in [0.4, 0.5) is 0 Å². The molecule has 2 bridgehead atoms. The van der Waals surface area contributed by atoms with Gasteiger partial charge in [0.1, 0.15) is 0 Å². The third-order valence-corrected chi connectivity index (χ3v) is 5.82. The number of carbonyl (C=O) groups is 3. The van der Waals surface area contributed by atoms with Gasteiger partial charge in [0.2, 0.25) is 17.7 Å². The average molecular weight is 302 g/mol. The first-order valence-electron chi connectivity index (χ1n) is 8.48. The molecule has 1 saturated carbocycles. The number of amides is 3. The second kappa shape index (κ2) is 5.21. The molecule has 5 nitrogen and oxygen atoms in total. The van der Waals surface area contributed by atoms with Crippen molar-refractivity contribution in [2.24, 2.45) is 23.7 Å². The molecule has 2 saturated heterocycles. The Kier molecular flexibility index (Phi) is 3.31. The van der Waals surface area contributed by atoms with Gasteiger partial charge in [-0.25, -0.2) is 0 Å². The molecule has 0 spiro atoms. The molecule has 118 valence electrons. The minimum atomic E-state index is -0.146. The first kappa shape index (κ1) is 14.0. The highest BCUT2D eigenvalue weighted by Crippen LogP contribution is 2.52. The third-order valence-electron chi connectivity index (χ3n) is 5.82. The molecule has 2 heterocycles. The van der Waals surface area contributed by atoms with Crippen molar-refractivity contribution in [3.63, 3.8) is 0 Å². The second-order valence-corrected chi connectivity index (χ2v) is 7.02. The highest BCUT2D eigenvalue weighted by Gasteiger charge is 2.59. The molecule has 4 aliphatic rings. The van der Waals surface area contributed by atoms with E-state index in [9.17, 15) is 14.4 Å². The predicted molar refractivity (Wildman–Crippen MR) is 79.5 cm³/mol. The fourth-order valence-corrected chi connectivity index (χ4v) is 4.69. The van der Waals surface area contributed by atoms with Crippen LogP contribution >= 0.6 is 0 Å². The van der Waals surface area contributed by atoms with E-state index in [4.69, 9.17) is 0 Å². The highest BCUT2D eigenvalue weighted by atomic mass is 16.2. The lowest BCUT2D eigenvalue weighted by Crippen LogP contribution is -2.40. The molecule has 2 aliphatic heterocycles. The van der Waals surface area contributed by atoms with Gasteiger partial charge in [-0.05, 0) is 37.5 Å². The Hall–Kier alpha value is -1.65. The Morgan fingerprint density at radius 2 is 1.59 bits per heavy atom. The van der Waals surface area contributed by atoms with Gasteiger partial charge in [0, 0.05) is 26.1 Å². The number of likely N-dealkylation sites (tertiary alicyclic amines) is 2. The monoisotopic (exact) mass is 302 g/mol. The molecule has 3 amide bonds. The number of fused-ring (bicyclic) bond motifs is 5. The van der Waals surface area contributed by atoms with Crippen molar-refractivity contribution in [3.05, 3.63) is 12.2 Å². The maximum absolute atomic E-state index is 12.5. The summed E-state index contributed by atoms with van der Waals surface area (Å²) in [6, 6.07) is 0. The largest absolute Gasteiger partial charge is 0.343 e. The van der Waals surface area contributed by atoms with Gasteiger partial charge in [0.15, 0.2) is 0 Å². The van der Waals surface area contributed by atoms with Crippen LogP contribution < -0.4 is 0 Å². The minimum Gasteiger partial charge on any atom is -0.343 e. The van der Waals surface area contributed by atoms with E-state index in [-0.39, 0.29) is 54.4 Å². The normalized spacial score (nSPS) is 36.4. The maximum Gasteiger partial charge on any atom is 0.233 e. The number of hydrogen-bond acceptors (Lipinski definition) is 3. The van der Waals surface area contributed by atoms with Crippen molar-refractivity contribution in [2.45, 2.75) is 32.1 Å². The lowest BCUT2D eigenvalue weighted by Gasteiger charge is -2.27. The second-order valence-electron chi connectivity index (χ2n) is 7.02. The standard InChI is InChI=1S/C17H22N2O3/c20-13(18-7-2-1-3-8-18)6-9-19-16(21)14-11-4-5-12(10-11)15(14)17(19)22/h4-5,11-12,14-15H,1-3,6-10H2/t11-,12+,14-,15+. The smallest absolute Gasteiger partial charge is 0.233 e. The van der Waals surface area contributed by atoms with Crippen LogP contribution in [-0.2, 0) is 14.4 Å². The van der Waals surface area contributed by atoms with Crippen LogP contribution in [0.5, 0.6) is 0 Å². The zero-order valence-corrected chi connectivity index (χ0v) is 12.7. The summed E-state index contributed by atoms with van der Waals surface area (Å²) in [5.74, 6) is 0.193. The molecule has 2 aliphatic carbocycles. The summed E-state index contributed by atoms with van der Waals surface area (Å²) in [6.45, 7) is 1.90. The Labute approximate surface area is 130 Å². The number of imide groups is 1. The third kappa shape index (κ3) is 2.02. The molecule has 0 unspecified atom stereocenters. The Balaban J connectivity index is 1.39. The van der Waals surface area contributed by atoms with Crippen molar-refractivity contribution >= 4 is 17.7 Å². The molecule has 22 heavy (non-hydrogen) atoms. The summed E-state index contributed by atoms with van der Waals surface area (Å²) in [6.07, 6.45) is 8.73. The molecular formula is C17H22N2O3. The van der Waals surface area contributed by atoms with E-state index < -0.39 is 0 Å². The van der Waals surface area contributed by atoms with Gasteiger partial charge in [-0.1, -0.05) is 12.2 Å². The van der Waals surface area contributed by atoms with Crippen LogP contribution in [0, 0.1) is 23.7 Å². The van der Waals surface area contributed by atoms with E-state index in [1.807, 2.05) is 4.90 Å². The molecule has 0 radical (unpaired) electrons. The van der Waals surface area contributed by atoms with Gasteiger partial charge < -0.3 is 4.90 Å².